The van der Waals surface area contributed by atoms with Gasteiger partial charge in [-0.15, -0.1) is 0 Å². The molecule has 0 aliphatic carbocycles. The Morgan fingerprint density at radius 2 is 0.909 bits per heavy atom. The van der Waals surface area contributed by atoms with E-state index in [1.54, 1.807) is 0 Å². The van der Waals surface area contributed by atoms with Crippen LogP contribution in [0.2, 0.25) is 0 Å². The molecule has 0 rings (SSSR count). The molecular formula is C19H41N3. The van der Waals surface area contributed by atoms with Crippen molar-refractivity contribution in [3.05, 3.63) is 0 Å². The van der Waals surface area contributed by atoms with Crippen molar-refractivity contribution in [3.63, 3.8) is 0 Å². The molecular weight excluding hydrogens is 270 g/mol. The fourth-order valence-electron chi connectivity index (χ4n) is 2.56. The molecule has 0 aliphatic rings. The first kappa shape index (κ1) is 21.3. The normalized spacial score (nSPS) is 10.6. The molecule has 0 heterocycles. The van der Waals surface area contributed by atoms with Crippen molar-refractivity contribution in [3.8, 4) is 0 Å². The molecule has 0 atom stereocenters. The fraction of sp³-hybridized carbons (Fsp3) is 0.947. The molecule has 0 aromatic heterocycles. The number of rotatable bonds is 13. The largest absolute Gasteiger partial charge is 0.343 e. The fourth-order valence-corrected chi connectivity index (χ4v) is 2.56. The molecule has 0 bridgehead atoms. The molecule has 0 N–H and O–H groups in total. The Hall–Kier alpha value is -0.730. The molecule has 132 valence electrons. The maximum Gasteiger partial charge on any atom is 0.196 e. The third-order valence-corrected chi connectivity index (χ3v) is 3.99. The van der Waals surface area contributed by atoms with Gasteiger partial charge in [0.1, 0.15) is 0 Å². The maximum atomic E-state index is 4.90. The van der Waals surface area contributed by atoms with Crippen LogP contribution in [0.5, 0.6) is 0 Å². The number of aliphatic imine (C=N–C) groups is 1. The number of hydrogen-bond donors (Lipinski definition) is 0. The average molecular weight is 312 g/mol. The van der Waals surface area contributed by atoms with Gasteiger partial charge < -0.3 is 9.80 Å². The summed E-state index contributed by atoms with van der Waals surface area (Å²) >= 11 is 0. The van der Waals surface area contributed by atoms with E-state index < -0.39 is 0 Å². The van der Waals surface area contributed by atoms with E-state index in [-0.39, 0.29) is 0 Å². The first-order valence-corrected chi connectivity index (χ1v) is 9.79. The van der Waals surface area contributed by atoms with Crippen molar-refractivity contribution in [2.24, 2.45) is 4.99 Å². The van der Waals surface area contributed by atoms with E-state index in [1.807, 2.05) is 0 Å². The second kappa shape index (κ2) is 15.2. The van der Waals surface area contributed by atoms with Gasteiger partial charge in [-0.05, 0) is 32.6 Å². The summed E-state index contributed by atoms with van der Waals surface area (Å²) < 4.78 is 0. The first-order valence-electron chi connectivity index (χ1n) is 9.79. The van der Waals surface area contributed by atoms with Crippen LogP contribution >= 0.6 is 0 Å². The smallest absolute Gasteiger partial charge is 0.196 e. The minimum Gasteiger partial charge on any atom is -0.343 e. The molecule has 0 aromatic rings. The zero-order chi connectivity index (χ0) is 16.6. The van der Waals surface area contributed by atoms with E-state index in [0.29, 0.717) is 0 Å². The summed E-state index contributed by atoms with van der Waals surface area (Å²) in [5, 5.41) is 0. The van der Waals surface area contributed by atoms with Crippen molar-refractivity contribution >= 4 is 5.96 Å². The van der Waals surface area contributed by atoms with E-state index >= 15 is 0 Å². The summed E-state index contributed by atoms with van der Waals surface area (Å²) in [4.78, 5) is 10.0. The van der Waals surface area contributed by atoms with Crippen LogP contribution in [-0.2, 0) is 0 Å². The monoisotopic (exact) mass is 311 g/mol. The molecule has 0 saturated carbocycles. The third-order valence-electron chi connectivity index (χ3n) is 3.99. The molecule has 0 saturated heterocycles. The second-order valence-electron chi connectivity index (χ2n) is 6.16. The highest BCUT2D eigenvalue weighted by atomic mass is 15.4. The Bertz CT molecular complexity index is 225. The number of nitrogens with zero attached hydrogens (tertiary/aromatic N) is 3. The van der Waals surface area contributed by atoms with Crippen molar-refractivity contribution in [2.75, 3.05) is 32.7 Å². The Morgan fingerprint density at radius 3 is 1.14 bits per heavy atom. The van der Waals surface area contributed by atoms with E-state index in [1.165, 1.54) is 57.3 Å². The van der Waals surface area contributed by atoms with Crippen LogP contribution in [0.3, 0.4) is 0 Å². The van der Waals surface area contributed by atoms with Crippen molar-refractivity contribution in [1.29, 1.82) is 0 Å². The van der Waals surface area contributed by atoms with Gasteiger partial charge in [0.2, 0.25) is 0 Å². The Labute approximate surface area is 140 Å². The van der Waals surface area contributed by atoms with Gasteiger partial charge in [-0.3, -0.25) is 4.99 Å². The van der Waals surface area contributed by atoms with Gasteiger partial charge in [0, 0.05) is 32.7 Å². The molecule has 0 fully saturated rings. The molecule has 0 unspecified atom stereocenters. The van der Waals surface area contributed by atoms with Crippen molar-refractivity contribution in [2.45, 2.75) is 86.0 Å². The topological polar surface area (TPSA) is 18.8 Å². The van der Waals surface area contributed by atoms with Gasteiger partial charge in [-0.2, -0.15) is 0 Å². The lowest BCUT2D eigenvalue weighted by molar-refractivity contribution is 0.300. The highest BCUT2D eigenvalue weighted by molar-refractivity contribution is 5.80. The summed E-state index contributed by atoms with van der Waals surface area (Å²) in [7, 11) is 0. The van der Waals surface area contributed by atoms with Gasteiger partial charge >= 0.3 is 0 Å². The van der Waals surface area contributed by atoms with Crippen LogP contribution in [0, 0.1) is 0 Å². The Kier molecular flexibility index (Phi) is 14.7. The molecule has 3 nitrogen and oxygen atoms in total. The van der Waals surface area contributed by atoms with Crippen LogP contribution in [0.1, 0.15) is 86.0 Å². The van der Waals surface area contributed by atoms with Gasteiger partial charge in [-0.1, -0.05) is 53.4 Å². The molecule has 3 heteroatoms. The predicted octanol–water partition coefficient (Wildman–Crippen LogP) is 5.17. The van der Waals surface area contributed by atoms with Crippen LogP contribution < -0.4 is 0 Å². The first-order chi connectivity index (χ1) is 10.7. The summed E-state index contributed by atoms with van der Waals surface area (Å²) in [6.07, 6.45) is 10.1. The standard InChI is InChI=1S/C19H41N3/c1-6-11-15-21(16-12-7-2)19(20-10-5)22(17-13-8-3)18-14-9-4/h6-18H2,1-5H3. The van der Waals surface area contributed by atoms with E-state index in [2.05, 4.69) is 44.4 Å². The zero-order valence-corrected chi connectivity index (χ0v) is 16.0. The average Bonchev–Trinajstić information content (AvgIpc) is 2.54. The lowest BCUT2D eigenvalue weighted by atomic mass is 10.2. The SMILES string of the molecule is CCCCN(CCCC)C(=NCC)N(CCCC)CCCC. The summed E-state index contributed by atoms with van der Waals surface area (Å²) in [6, 6.07) is 0. The Balaban J connectivity index is 5.03. The van der Waals surface area contributed by atoms with Crippen LogP contribution in [-0.4, -0.2) is 48.5 Å². The molecule has 0 aromatic carbocycles. The Morgan fingerprint density at radius 1 is 0.591 bits per heavy atom. The van der Waals surface area contributed by atoms with Gasteiger partial charge in [0.05, 0.1) is 0 Å². The third kappa shape index (κ3) is 9.32. The zero-order valence-electron chi connectivity index (χ0n) is 16.0. The molecule has 0 radical (unpaired) electrons. The maximum absolute atomic E-state index is 4.90. The minimum atomic E-state index is 0.888. The lowest BCUT2D eigenvalue weighted by Crippen LogP contribution is -2.46. The highest BCUT2D eigenvalue weighted by Crippen LogP contribution is 2.09. The van der Waals surface area contributed by atoms with Gasteiger partial charge in [-0.25, -0.2) is 0 Å². The summed E-state index contributed by atoms with van der Waals surface area (Å²) in [5.41, 5.74) is 0. The summed E-state index contributed by atoms with van der Waals surface area (Å²) in [6.45, 7) is 16.8. The summed E-state index contributed by atoms with van der Waals surface area (Å²) in [5.74, 6) is 1.27. The van der Waals surface area contributed by atoms with Crippen LogP contribution in [0.15, 0.2) is 4.99 Å². The van der Waals surface area contributed by atoms with E-state index in [4.69, 9.17) is 4.99 Å². The minimum absolute atomic E-state index is 0.888. The number of unbranched alkanes of at least 4 members (excludes halogenated alkanes) is 4. The number of hydrogen-bond acceptors (Lipinski definition) is 1. The predicted molar refractivity (Wildman–Crippen MR) is 101 cm³/mol. The number of guanidine groups is 1. The van der Waals surface area contributed by atoms with E-state index in [9.17, 15) is 0 Å². The van der Waals surface area contributed by atoms with E-state index in [0.717, 1.165) is 32.7 Å². The van der Waals surface area contributed by atoms with Gasteiger partial charge in [0.25, 0.3) is 0 Å². The quantitative estimate of drug-likeness (QED) is 0.345. The van der Waals surface area contributed by atoms with Crippen LogP contribution in [0.4, 0.5) is 0 Å². The van der Waals surface area contributed by atoms with Crippen molar-refractivity contribution in [1.82, 2.24) is 9.80 Å². The van der Waals surface area contributed by atoms with Crippen LogP contribution in [0.25, 0.3) is 0 Å². The molecule has 0 aliphatic heterocycles. The van der Waals surface area contributed by atoms with Gasteiger partial charge in [0.15, 0.2) is 5.96 Å². The van der Waals surface area contributed by atoms with Crippen molar-refractivity contribution < 1.29 is 0 Å². The molecule has 22 heavy (non-hydrogen) atoms. The molecule has 0 spiro atoms. The molecule has 0 amide bonds. The second-order valence-corrected chi connectivity index (χ2v) is 6.16. The highest BCUT2D eigenvalue weighted by Gasteiger charge is 2.17. The lowest BCUT2D eigenvalue weighted by Gasteiger charge is -2.35.